The lowest BCUT2D eigenvalue weighted by Crippen LogP contribution is -2.33. The third kappa shape index (κ3) is 3.17. The van der Waals surface area contributed by atoms with Crippen LogP contribution >= 0.6 is 0 Å². The number of rotatable bonds is 4. The average Bonchev–Trinajstić information content (AvgIpc) is 2.87. The van der Waals surface area contributed by atoms with E-state index in [4.69, 9.17) is 0 Å². The number of aromatic nitrogens is 3. The number of benzene rings is 1. The highest BCUT2D eigenvalue weighted by atomic mass is 16.3. The van der Waals surface area contributed by atoms with E-state index in [1.807, 2.05) is 30.3 Å². The summed E-state index contributed by atoms with van der Waals surface area (Å²) in [4.78, 5) is 14.9. The number of hydrogen-bond acceptors (Lipinski definition) is 4. The number of nitrogens with zero attached hydrogens (tertiary/aromatic N) is 4. The minimum atomic E-state index is -0.571. The van der Waals surface area contributed by atoms with Gasteiger partial charge < -0.3 is 10.0 Å². The third-order valence-corrected chi connectivity index (χ3v) is 2.58. The molecule has 0 aliphatic heterocycles. The predicted octanol–water partition coefficient (Wildman–Crippen LogP) is 0.720. The lowest BCUT2D eigenvalue weighted by Gasteiger charge is -2.16. The van der Waals surface area contributed by atoms with Gasteiger partial charge in [-0.2, -0.15) is 9.90 Å². The summed E-state index contributed by atoms with van der Waals surface area (Å²) in [5.74, 6) is -0.261. The minimum absolute atomic E-state index is 0.256. The Hall–Kier alpha value is -2.21. The molecule has 0 aliphatic rings. The van der Waals surface area contributed by atoms with Crippen LogP contribution in [0.3, 0.4) is 0 Å². The van der Waals surface area contributed by atoms with Crippen molar-refractivity contribution < 1.29 is 9.90 Å². The molecule has 0 saturated heterocycles. The van der Waals surface area contributed by atoms with Crippen molar-refractivity contribution in [2.45, 2.75) is 13.0 Å². The van der Waals surface area contributed by atoms with Gasteiger partial charge in [-0.1, -0.05) is 18.2 Å². The van der Waals surface area contributed by atoms with E-state index in [1.165, 1.54) is 15.9 Å². The van der Waals surface area contributed by atoms with Crippen LogP contribution in [0, 0.1) is 0 Å². The molecule has 6 heteroatoms. The van der Waals surface area contributed by atoms with Crippen LogP contribution in [-0.4, -0.2) is 50.6 Å². The average molecular weight is 260 g/mol. The zero-order chi connectivity index (χ0) is 13.8. The van der Waals surface area contributed by atoms with Gasteiger partial charge in [-0.25, -0.2) is 0 Å². The van der Waals surface area contributed by atoms with Crippen LogP contribution < -0.4 is 0 Å². The molecular weight excluding hydrogens is 244 g/mol. The molecule has 1 aromatic heterocycles. The zero-order valence-electron chi connectivity index (χ0n) is 10.9. The number of hydrogen-bond donors (Lipinski definition) is 1. The van der Waals surface area contributed by atoms with Gasteiger partial charge >= 0.3 is 0 Å². The molecule has 19 heavy (non-hydrogen) atoms. The van der Waals surface area contributed by atoms with Crippen molar-refractivity contribution in [3.05, 3.63) is 42.2 Å². The smallest absolute Gasteiger partial charge is 0.275 e. The van der Waals surface area contributed by atoms with E-state index in [0.717, 1.165) is 5.69 Å². The van der Waals surface area contributed by atoms with Crippen molar-refractivity contribution in [1.29, 1.82) is 0 Å². The van der Waals surface area contributed by atoms with Gasteiger partial charge in [0.25, 0.3) is 5.91 Å². The summed E-state index contributed by atoms with van der Waals surface area (Å²) < 4.78 is 0. The summed E-state index contributed by atoms with van der Waals surface area (Å²) in [6.07, 6.45) is 0.853. The van der Waals surface area contributed by atoms with E-state index in [9.17, 15) is 9.90 Å². The molecule has 1 heterocycles. The van der Waals surface area contributed by atoms with Crippen LogP contribution in [0.5, 0.6) is 0 Å². The monoisotopic (exact) mass is 260 g/mol. The van der Waals surface area contributed by atoms with Gasteiger partial charge in [-0.3, -0.25) is 4.79 Å². The Kier molecular flexibility index (Phi) is 3.91. The normalized spacial score (nSPS) is 12.2. The number of amides is 1. The van der Waals surface area contributed by atoms with Crippen LogP contribution in [0.15, 0.2) is 36.5 Å². The first-order valence-electron chi connectivity index (χ1n) is 5.99. The van der Waals surface area contributed by atoms with E-state index in [-0.39, 0.29) is 18.1 Å². The Balaban J connectivity index is 2.15. The van der Waals surface area contributed by atoms with Crippen molar-refractivity contribution in [3.63, 3.8) is 0 Å². The highest BCUT2D eigenvalue weighted by Gasteiger charge is 2.17. The van der Waals surface area contributed by atoms with Gasteiger partial charge in [0.05, 0.1) is 18.0 Å². The topological polar surface area (TPSA) is 71.2 Å². The first-order chi connectivity index (χ1) is 9.08. The molecule has 1 aromatic carbocycles. The van der Waals surface area contributed by atoms with Crippen molar-refractivity contribution in [2.24, 2.45) is 0 Å². The molecule has 1 unspecified atom stereocenters. The Labute approximate surface area is 111 Å². The predicted molar refractivity (Wildman–Crippen MR) is 70.0 cm³/mol. The maximum atomic E-state index is 12.0. The second-order valence-corrected chi connectivity index (χ2v) is 4.39. The van der Waals surface area contributed by atoms with Crippen molar-refractivity contribution in [1.82, 2.24) is 19.9 Å². The van der Waals surface area contributed by atoms with Crippen molar-refractivity contribution >= 4 is 5.91 Å². The number of para-hydroxylation sites is 1. The van der Waals surface area contributed by atoms with Crippen LogP contribution in [0.4, 0.5) is 0 Å². The molecule has 1 amide bonds. The fraction of sp³-hybridized carbons (Fsp3) is 0.308. The van der Waals surface area contributed by atoms with Crippen LogP contribution in [0.2, 0.25) is 0 Å². The SMILES string of the molecule is CC(O)CN(C)C(=O)c1cnn(-c2ccccc2)n1. The van der Waals surface area contributed by atoms with E-state index in [1.54, 1.807) is 14.0 Å². The van der Waals surface area contributed by atoms with Crippen LogP contribution in [0.25, 0.3) is 5.69 Å². The lowest BCUT2D eigenvalue weighted by molar-refractivity contribution is 0.0697. The van der Waals surface area contributed by atoms with Crippen molar-refractivity contribution in [3.8, 4) is 5.69 Å². The van der Waals surface area contributed by atoms with E-state index in [0.29, 0.717) is 0 Å². The summed E-state index contributed by atoms with van der Waals surface area (Å²) >= 11 is 0. The largest absolute Gasteiger partial charge is 0.392 e. The molecule has 6 nitrogen and oxygen atoms in total. The summed E-state index contributed by atoms with van der Waals surface area (Å²) in [6.45, 7) is 1.89. The maximum Gasteiger partial charge on any atom is 0.275 e. The molecule has 1 N–H and O–H groups in total. The minimum Gasteiger partial charge on any atom is -0.392 e. The fourth-order valence-corrected chi connectivity index (χ4v) is 1.72. The molecule has 0 spiro atoms. The zero-order valence-corrected chi connectivity index (χ0v) is 10.9. The molecule has 2 rings (SSSR count). The molecule has 0 bridgehead atoms. The fourth-order valence-electron chi connectivity index (χ4n) is 1.72. The first kappa shape index (κ1) is 13.2. The molecular formula is C13H16N4O2. The van der Waals surface area contributed by atoms with Gasteiger partial charge in [-0.15, -0.1) is 5.10 Å². The van der Waals surface area contributed by atoms with Gasteiger partial charge in [-0.05, 0) is 19.1 Å². The standard InChI is InChI=1S/C13H16N4O2/c1-10(18)9-16(2)13(19)12-8-14-17(15-12)11-6-4-3-5-7-11/h3-8,10,18H,9H2,1-2H3. The quantitative estimate of drug-likeness (QED) is 0.879. The molecule has 2 aromatic rings. The Bertz CT molecular complexity index is 551. The molecule has 100 valence electrons. The van der Waals surface area contributed by atoms with Gasteiger partial charge in [0.2, 0.25) is 0 Å². The molecule has 0 radical (unpaired) electrons. The summed E-state index contributed by atoms with van der Waals surface area (Å²) in [6, 6.07) is 9.36. The molecule has 0 fully saturated rings. The summed E-state index contributed by atoms with van der Waals surface area (Å²) in [7, 11) is 1.62. The summed E-state index contributed by atoms with van der Waals surface area (Å²) in [5.41, 5.74) is 1.05. The number of carbonyl (C=O) groups excluding carboxylic acids is 1. The highest BCUT2D eigenvalue weighted by Crippen LogP contribution is 2.06. The molecule has 0 aliphatic carbocycles. The van der Waals surface area contributed by atoms with Gasteiger partial charge in [0.15, 0.2) is 5.69 Å². The highest BCUT2D eigenvalue weighted by molar-refractivity contribution is 5.91. The Morgan fingerprint density at radius 2 is 2.11 bits per heavy atom. The number of aliphatic hydroxyl groups excluding tert-OH is 1. The van der Waals surface area contributed by atoms with Crippen LogP contribution in [-0.2, 0) is 0 Å². The Morgan fingerprint density at radius 3 is 2.74 bits per heavy atom. The van der Waals surface area contributed by atoms with Gasteiger partial charge in [0.1, 0.15) is 0 Å². The van der Waals surface area contributed by atoms with Crippen molar-refractivity contribution in [2.75, 3.05) is 13.6 Å². The maximum absolute atomic E-state index is 12.0. The molecule has 1 atom stereocenters. The van der Waals surface area contributed by atoms with E-state index in [2.05, 4.69) is 10.2 Å². The van der Waals surface area contributed by atoms with E-state index >= 15 is 0 Å². The summed E-state index contributed by atoms with van der Waals surface area (Å²) in [5, 5.41) is 17.5. The number of aliphatic hydroxyl groups is 1. The molecule has 0 saturated carbocycles. The second-order valence-electron chi connectivity index (χ2n) is 4.39. The first-order valence-corrected chi connectivity index (χ1v) is 5.99. The van der Waals surface area contributed by atoms with Crippen LogP contribution in [0.1, 0.15) is 17.4 Å². The van der Waals surface area contributed by atoms with Gasteiger partial charge in [0, 0.05) is 13.6 Å². The number of carbonyl (C=O) groups is 1. The number of likely N-dealkylation sites (N-methyl/N-ethyl adjacent to an activating group) is 1. The second kappa shape index (κ2) is 5.62. The Morgan fingerprint density at radius 1 is 1.42 bits per heavy atom. The lowest BCUT2D eigenvalue weighted by atomic mass is 10.3. The third-order valence-electron chi connectivity index (χ3n) is 2.58. The van der Waals surface area contributed by atoms with E-state index < -0.39 is 6.10 Å².